The predicted octanol–water partition coefficient (Wildman–Crippen LogP) is 0.0721. The van der Waals surface area contributed by atoms with Crippen LogP contribution >= 0.6 is 0 Å². The lowest BCUT2D eigenvalue weighted by Crippen LogP contribution is -2.48. The molecule has 1 saturated heterocycles. The summed E-state index contributed by atoms with van der Waals surface area (Å²) in [6, 6.07) is 0. The number of piperidine rings is 1. The number of ketones is 1. The van der Waals surface area contributed by atoms with Crippen LogP contribution in [0.5, 0.6) is 0 Å². The Bertz CT molecular complexity index is 496. The number of rotatable bonds is 1. The van der Waals surface area contributed by atoms with Gasteiger partial charge < -0.3 is 4.90 Å². The van der Waals surface area contributed by atoms with Gasteiger partial charge in [0.25, 0.3) is 0 Å². The van der Waals surface area contributed by atoms with Gasteiger partial charge in [-0.15, -0.1) is 10.2 Å². The van der Waals surface area contributed by atoms with Crippen molar-refractivity contribution in [2.75, 3.05) is 6.54 Å². The Morgan fingerprint density at radius 2 is 2.17 bits per heavy atom. The zero-order valence-electron chi connectivity index (χ0n) is 10.6. The average Bonchev–Trinajstić information content (AvgIpc) is 2.79. The first kappa shape index (κ1) is 12.4. The highest BCUT2D eigenvalue weighted by atomic mass is 16.1. The fraction of sp³-hybridized carbons (Fsp3) is 0.636. The molecule has 2 heterocycles. The van der Waals surface area contributed by atoms with Crippen molar-refractivity contribution in [2.24, 2.45) is 0 Å². The van der Waals surface area contributed by atoms with Gasteiger partial charge in [0.05, 0.1) is 0 Å². The SMILES string of the molecule is CC(C)(C)N1CCC(=O)C(c2nn[nH]n2)C1=C=O. The van der Waals surface area contributed by atoms with Crippen LogP contribution in [0.3, 0.4) is 0 Å². The predicted molar refractivity (Wildman–Crippen MR) is 62.2 cm³/mol. The van der Waals surface area contributed by atoms with Gasteiger partial charge in [0.15, 0.2) is 11.6 Å². The maximum absolute atomic E-state index is 12.0. The summed E-state index contributed by atoms with van der Waals surface area (Å²) in [5.41, 5.74) is 0.0373. The minimum atomic E-state index is -0.755. The van der Waals surface area contributed by atoms with Crippen molar-refractivity contribution in [3.63, 3.8) is 0 Å². The molecule has 1 aromatic heterocycles. The molecule has 1 aliphatic heterocycles. The molecule has 2 rings (SSSR count). The highest BCUT2D eigenvalue weighted by Gasteiger charge is 2.40. The first-order valence-electron chi connectivity index (χ1n) is 5.74. The van der Waals surface area contributed by atoms with Crippen molar-refractivity contribution in [1.29, 1.82) is 0 Å². The number of aromatic amines is 1. The molecule has 0 amide bonds. The van der Waals surface area contributed by atoms with Crippen LogP contribution < -0.4 is 0 Å². The number of nitrogens with one attached hydrogen (secondary N) is 1. The molecule has 0 spiro atoms. The Hall–Kier alpha value is -2.01. The summed E-state index contributed by atoms with van der Waals surface area (Å²) >= 11 is 0. The van der Waals surface area contributed by atoms with Crippen molar-refractivity contribution >= 4 is 11.7 Å². The normalized spacial score (nSPS) is 21.1. The van der Waals surface area contributed by atoms with Crippen molar-refractivity contribution < 1.29 is 9.59 Å². The largest absolute Gasteiger partial charge is 0.360 e. The topological polar surface area (TPSA) is 91.8 Å². The van der Waals surface area contributed by atoms with Gasteiger partial charge in [-0.05, 0) is 20.8 Å². The van der Waals surface area contributed by atoms with Gasteiger partial charge in [-0.2, -0.15) is 5.21 Å². The lowest BCUT2D eigenvalue weighted by molar-refractivity contribution is -0.122. The molecule has 1 unspecified atom stereocenters. The number of likely N-dealkylation sites (tertiary alicyclic amines) is 1. The van der Waals surface area contributed by atoms with Crippen LogP contribution in [0, 0.1) is 0 Å². The molecule has 0 bridgehead atoms. The Balaban J connectivity index is 2.44. The molecule has 1 fully saturated rings. The molecular weight excluding hydrogens is 234 g/mol. The number of hydrogen-bond donors (Lipinski definition) is 1. The molecule has 0 radical (unpaired) electrons. The standard InChI is InChI=1S/C11H15N5O2/c1-11(2,3)16-5-4-8(18)9(7(16)6-17)10-12-14-15-13-10/h9H,4-5H2,1-3H3,(H,12,13,14,15). The molecule has 7 nitrogen and oxygen atoms in total. The molecule has 1 aromatic rings. The zero-order chi connectivity index (χ0) is 13.3. The highest BCUT2D eigenvalue weighted by molar-refractivity contribution is 5.91. The van der Waals surface area contributed by atoms with E-state index in [1.54, 1.807) is 0 Å². The Labute approximate surface area is 104 Å². The molecule has 18 heavy (non-hydrogen) atoms. The molecule has 1 aliphatic rings. The first-order valence-corrected chi connectivity index (χ1v) is 5.74. The van der Waals surface area contributed by atoms with Crippen LogP contribution in [0.2, 0.25) is 0 Å². The summed E-state index contributed by atoms with van der Waals surface area (Å²) in [6.07, 6.45) is 0.363. The van der Waals surface area contributed by atoms with E-state index in [9.17, 15) is 9.59 Å². The monoisotopic (exact) mass is 249 g/mol. The number of tetrazole rings is 1. The van der Waals surface area contributed by atoms with E-state index in [1.165, 1.54) is 0 Å². The molecule has 1 N–H and O–H groups in total. The minimum absolute atomic E-state index is 0.0738. The third-order valence-electron chi connectivity index (χ3n) is 3.00. The second kappa shape index (κ2) is 4.34. The van der Waals surface area contributed by atoms with Gasteiger partial charge in [0.1, 0.15) is 17.6 Å². The van der Waals surface area contributed by atoms with Gasteiger partial charge in [-0.25, -0.2) is 4.79 Å². The lowest BCUT2D eigenvalue weighted by atomic mass is 9.89. The second-order valence-corrected chi connectivity index (χ2v) is 5.23. The summed E-state index contributed by atoms with van der Waals surface area (Å²) in [5.74, 6) is 1.28. The van der Waals surface area contributed by atoms with E-state index in [-0.39, 0.29) is 17.1 Å². The van der Waals surface area contributed by atoms with E-state index in [0.717, 1.165) is 0 Å². The lowest BCUT2D eigenvalue weighted by Gasteiger charge is -2.42. The van der Waals surface area contributed by atoms with Crippen LogP contribution in [0.15, 0.2) is 5.70 Å². The smallest absolute Gasteiger partial charge is 0.191 e. The van der Waals surface area contributed by atoms with Crippen molar-refractivity contribution in [3.05, 3.63) is 11.5 Å². The van der Waals surface area contributed by atoms with Crippen LogP contribution in [0.25, 0.3) is 0 Å². The maximum Gasteiger partial charge on any atom is 0.191 e. The number of H-pyrrole nitrogens is 1. The number of aromatic nitrogens is 4. The summed E-state index contributed by atoms with van der Waals surface area (Å²) in [7, 11) is 0. The van der Waals surface area contributed by atoms with Crippen LogP contribution in [0.4, 0.5) is 0 Å². The Morgan fingerprint density at radius 3 is 2.67 bits per heavy atom. The van der Waals surface area contributed by atoms with E-state index in [2.05, 4.69) is 20.6 Å². The van der Waals surface area contributed by atoms with Crippen molar-refractivity contribution in [2.45, 2.75) is 38.6 Å². The van der Waals surface area contributed by atoms with Crippen molar-refractivity contribution in [1.82, 2.24) is 25.5 Å². The van der Waals surface area contributed by atoms with E-state index in [1.807, 2.05) is 31.6 Å². The number of carbonyl (C=O) groups is 1. The molecule has 0 saturated carbocycles. The average molecular weight is 249 g/mol. The quantitative estimate of drug-likeness (QED) is 0.708. The minimum Gasteiger partial charge on any atom is -0.360 e. The fourth-order valence-corrected chi connectivity index (χ4v) is 2.16. The van der Waals surface area contributed by atoms with Crippen molar-refractivity contribution in [3.8, 4) is 0 Å². The van der Waals surface area contributed by atoms with Gasteiger partial charge in [-0.1, -0.05) is 5.21 Å². The molecule has 1 atom stereocenters. The number of allylic oxidation sites excluding steroid dienone is 1. The summed E-state index contributed by atoms with van der Waals surface area (Å²) < 4.78 is 0. The first-order chi connectivity index (χ1) is 8.45. The third-order valence-corrected chi connectivity index (χ3v) is 3.00. The molecule has 0 aromatic carbocycles. The summed E-state index contributed by atoms with van der Waals surface area (Å²) in [4.78, 5) is 25.1. The number of carbonyl (C=O) groups excluding carboxylic acids is 2. The van der Waals surface area contributed by atoms with E-state index >= 15 is 0 Å². The van der Waals surface area contributed by atoms with Gasteiger partial charge in [0, 0.05) is 18.5 Å². The van der Waals surface area contributed by atoms with E-state index < -0.39 is 5.92 Å². The summed E-state index contributed by atoms with van der Waals surface area (Å²) in [6.45, 7) is 6.45. The number of nitrogens with zero attached hydrogens (tertiary/aromatic N) is 4. The highest BCUT2D eigenvalue weighted by Crippen LogP contribution is 2.33. The molecule has 96 valence electrons. The number of hydrogen-bond acceptors (Lipinski definition) is 6. The van der Waals surface area contributed by atoms with E-state index in [0.29, 0.717) is 18.7 Å². The van der Waals surface area contributed by atoms with Gasteiger partial charge in [-0.3, -0.25) is 4.79 Å². The second-order valence-electron chi connectivity index (χ2n) is 5.23. The van der Waals surface area contributed by atoms with Gasteiger partial charge >= 0.3 is 0 Å². The molecule has 0 aliphatic carbocycles. The van der Waals surface area contributed by atoms with E-state index in [4.69, 9.17) is 0 Å². The zero-order valence-corrected chi connectivity index (χ0v) is 10.6. The molecular formula is C11H15N5O2. The van der Waals surface area contributed by atoms with Crippen LogP contribution in [0.1, 0.15) is 38.9 Å². The number of Topliss-reactive ketones (excluding diaryl/α,β-unsaturated/α-hetero) is 1. The van der Waals surface area contributed by atoms with Crippen LogP contribution in [-0.2, 0) is 9.59 Å². The Kier molecular flexibility index (Phi) is 3.00. The van der Waals surface area contributed by atoms with Crippen LogP contribution in [-0.4, -0.2) is 49.3 Å². The maximum atomic E-state index is 12.0. The van der Waals surface area contributed by atoms with Gasteiger partial charge in [0.2, 0.25) is 0 Å². The fourth-order valence-electron chi connectivity index (χ4n) is 2.16. The Morgan fingerprint density at radius 1 is 1.44 bits per heavy atom. The third kappa shape index (κ3) is 2.04. The summed E-state index contributed by atoms with van der Waals surface area (Å²) in [5, 5.41) is 13.4. The molecule has 7 heteroatoms.